The Balaban J connectivity index is 2.19. The van der Waals surface area contributed by atoms with Crippen molar-refractivity contribution < 1.29 is 14.3 Å². The van der Waals surface area contributed by atoms with E-state index >= 15 is 0 Å². The largest absolute Gasteiger partial charge is 0.484 e. The highest BCUT2D eigenvalue weighted by atomic mass is 79.9. The molecule has 0 saturated heterocycles. The van der Waals surface area contributed by atoms with Crippen LogP contribution in [-0.2, 0) is 16.1 Å². The molecule has 7 heteroatoms. The van der Waals surface area contributed by atoms with Gasteiger partial charge < -0.3 is 15.0 Å². The molecule has 0 aliphatic rings. The maximum absolute atomic E-state index is 13.1. The fraction of sp³-hybridized carbons (Fsp3) is 0.417. The number of rotatable bonds is 9. The Kier molecular flexibility index (Phi) is 9.38. The molecule has 1 N–H and O–H groups in total. The van der Waals surface area contributed by atoms with Gasteiger partial charge in [-0.3, -0.25) is 9.59 Å². The van der Waals surface area contributed by atoms with Gasteiger partial charge in [0.2, 0.25) is 5.91 Å². The summed E-state index contributed by atoms with van der Waals surface area (Å²) in [6, 6.07) is 10.7. The minimum atomic E-state index is -0.641. The molecule has 0 saturated carbocycles. The lowest BCUT2D eigenvalue weighted by Gasteiger charge is -2.29. The van der Waals surface area contributed by atoms with Crippen LogP contribution in [0.5, 0.6) is 5.75 Å². The van der Waals surface area contributed by atoms with Crippen LogP contribution in [-0.4, -0.2) is 35.4 Å². The Hall–Kier alpha value is -2.05. The highest BCUT2D eigenvalue weighted by molar-refractivity contribution is 9.10. The second-order valence-corrected chi connectivity index (χ2v) is 9.10. The lowest BCUT2D eigenvalue weighted by molar-refractivity contribution is -0.142. The molecule has 2 atom stereocenters. The first kappa shape index (κ1) is 25.2. The number of nitrogens with one attached hydrogen (secondary N) is 1. The average Bonchev–Trinajstić information content (AvgIpc) is 2.73. The van der Waals surface area contributed by atoms with E-state index in [-0.39, 0.29) is 24.5 Å². The first-order valence-electron chi connectivity index (χ1n) is 10.4. The Morgan fingerprint density at radius 3 is 2.39 bits per heavy atom. The van der Waals surface area contributed by atoms with Crippen LogP contribution in [0.15, 0.2) is 40.9 Å². The summed E-state index contributed by atoms with van der Waals surface area (Å²) in [5.41, 5.74) is 2.69. The van der Waals surface area contributed by atoms with E-state index < -0.39 is 6.04 Å². The van der Waals surface area contributed by atoms with Gasteiger partial charge in [0.15, 0.2) is 6.61 Å². The third-order valence-corrected chi connectivity index (χ3v) is 6.27. The number of halogens is 2. The molecular weight excluding hydrogens is 480 g/mol. The maximum Gasteiger partial charge on any atom is 0.261 e. The molecule has 0 spiro atoms. The zero-order chi connectivity index (χ0) is 23.1. The Labute approximate surface area is 198 Å². The summed E-state index contributed by atoms with van der Waals surface area (Å²) in [7, 11) is 0. The Bertz CT molecular complexity index is 912. The summed E-state index contributed by atoms with van der Waals surface area (Å²) < 4.78 is 6.68. The first-order chi connectivity index (χ1) is 14.6. The number of benzene rings is 2. The van der Waals surface area contributed by atoms with Gasteiger partial charge in [0.05, 0.1) is 0 Å². The van der Waals surface area contributed by atoms with Crippen molar-refractivity contribution in [3.05, 3.63) is 62.6 Å². The quantitative estimate of drug-likeness (QED) is 0.490. The average molecular weight is 510 g/mol. The second-order valence-electron chi connectivity index (χ2n) is 7.81. The van der Waals surface area contributed by atoms with Crippen LogP contribution in [0.1, 0.15) is 43.9 Å². The van der Waals surface area contributed by atoms with Crippen molar-refractivity contribution in [2.75, 3.05) is 6.61 Å². The second kappa shape index (κ2) is 11.5. The number of carbonyl (C=O) groups excluding carboxylic acids is 2. The molecule has 5 nitrogen and oxygen atoms in total. The number of hydrogen-bond donors (Lipinski definition) is 1. The zero-order valence-corrected chi connectivity index (χ0v) is 21.0. The van der Waals surface area contributed by atoms with Gasteiger partial charge in [0, 0.05) is 22.1 Å². The minimum Gasteiger partial charge on any atom is -0.484 e. The van der Waals surface area contributed by atoms with Crippen LogP contribution in [0.2, 0.25) is 5.02 Å². The molecule has 2 aromatic carbocycles. The van der Waals surface area contributed by atoms with E-state index in [2.05, 4.69) is 21.2 Å². The van der Waals surface area contributed by atoms with E-state index in [4.69, 9.17) is 16.3 Å². The van der Waals surface area contributed by atoms with Crippen molar-refractivity contribution in [1.82, 2.24) is 10.2 Å². The van der Waals surface area contributed by atoms with E-state index in [1.807, 2.05) is 52.0 Å². The van der Waals surface area contributed by atoms with E-state index in [1.165, 1.54) is 0 Å². The van der Waals surface area contributed by atoms with Crippen molar-refractivity contribution >= 4 is 39.3 Å². The third kappa shape index (κ3) is 7.25. The fourth-order valence-corrected chi connectivity index (χ4v) is 3.65. The molecule has 0 bridgehead atoms. The topological polar surface area (TPSA) is 58.6 Å². The summed E-state index contributed by atoms with van der Waals surface area (Å²) in [5.74, 6) is 0.125. The molecule has 2 amide bonds. The number of nitrogens with zero attached hydrogens (tertiary/aromatic N) is 1. The zero-order valence-electron chi connectivity index (χ0n) is 18.7. The molecule has 0 heterocycles. The summed E-state index contributed by atoms with van der Waals surface area (Å²) in [5, 5.41) is 3.64. The van der Waals surface area contributed by atoms with Gasteiger partial charge in [-0.05, 0) is 75.1 Å². The smallest absolute Gasteiger partial charge is 0.261 e. The summed E-state index contributed by atoms with van der Waals surface area (Å²) in [4.78, 5) is 27.4. The van der Waals surface area contributed by atoms with E-state index in [1.54, 1.807) is 24.0 Å². The van der Waals surface area contributed by atoms with Crippen molar-refractivity contribution in [3.63, 3.8) is 0 Å². The predicted molar refractivity (Wildman–Crippen MR) is 128 cm³/mol. The lowest BCUT2D eigenvalue weighted by Crippen LogP contribution is -2.50. The van der Waals surface area contributed by atoms with Gasteiger partial charge in [-0.2, -0.15) is 0 Å². The first-order valence-corrected chi connectivity index (χ1v) is 11.5. The van der Waals surface area contributed by atoms with Gasteiger partial charge in [0.25, 0.3) is 5.91 Å². The molecule has 0 unspecified atom stereocenters. The third-order valence-electron chi connectivity index (χ3n) is 5.18. The summed E-state index contributed by atoms with van der Waals surface area (Å²) in [6.45, 7) is 9.61. The van der Waals surface area contributed by atoms with Crippen LogP contribution in [0, 0.1) is 13.8 Å². The standard InChI is InChI=1S/C24H30BrClN2O3/c1-6-17(4)27-24(30)18(5)28(13-19-8-7-9-20(25)12-19)22(29)14-31-21-10-15(2)23(26)16(3)11-21/h7-12,17-18H,6,13-14H2,1-5H3,(H,27,30)/t17-,18-/m0/s1. The SMILES string of the molecule is CC[C@H](C)NC(=O)[C@H](C)N(Cc1cccc(Br)c1)C(=O)COc1cc(C)c(Cl)c(C)c1. The minimum absolute atomic E-state index is 0.0361. The molecule has 0 aliphatic heterocycles. The predicted octanol–water partition coefficient (Wildman–Crippen LogP) is 5.43. The van der Waals surface area contributed by atoms with Crippen molar-refractivity contribution in [3.8, 4) is 5.75 Å². The van der Waals surface area contributed by atoms with Crippen LogP contribution in [0.4, 0.5) is 0 Å². The number of ether oxygens (including phenoxy) is 1. The van der Waals surface area contributed by atoms with Crippen LogP contribution in [0.3, 0.4) is 0 Å². The van der Waals surface area contributed by atoms with Crippen LogP contribution in [0.25, 0.3) is 0 Å². The Morgan fingerprint density at radius 1 is 1.16 bits per heavy atom. The van der Waals surface area contributed by atoms with Gasteiger partial charge in [-0.15, -0.1) is 0 Å². The molecule has 31 heavy (non-hydrogen) atoms. The number of hydrogen-bond acceptors (Lipinski definition) is 3. The highest BCUT2D eigenvalue weighted by Crippen LogP contribution is 2.26. The van der Waals surface area contributed by atoms with Gasteiger partial charge in [-0.25, -0.2) is 0 Å². The number of carbonyl (C=O) groups is 2. The molecule has 0 fully saturated rings. The van der Waals surface area contributed by atoms with E-state index in [0.717, 1.165) is 27.6 Å². The lowest BCUT2D eigenvalue weighted by atomic mass is 10.1. The van der Waals surface area contributed by atoms with E-state index in [9.17, 15) is 9.59 Å². The molecular formula is C24H30BrClN2O3. The molecule has 0 radical (unpaired) electrons. The van der Waals surface area contributed by atoms with Crippen molar-refractivity contribution in [2.24, 2.45) is 0 Å². The fourth-order valence-electron chi connectivity index (χ4n) is 3.10. The summed E-state index contributed by atoms with van der Waals surface area (Å²) >= 11 is 9.68. The monoisotopic (exact) mass is 508 g/mol. The van der Waals surface area contributed by atoms with Crippen molar-refractivity contribution in [1.29, 1.82) is 0 Å². The van der Waals surface area contributed by atoms with Gasteiger partial charge >= 0.3 is 0 Å². The van der Waals surface area contributed by atoms with Crippen LogP contribution < -0.4 is 10.1 Å². The normalized spacial score (nSPS) is 12.7. The van der Waals surface area contributed by atoms with Gasteiger partial charge in [0.1, 0.15) is 11.8 Å². The summed E-state index contributed by atoms with van der Waals surface area (Å²) in [6.07, 6.45) is 0.816. The highest BCUT2D eigenvalue weighted by Gasteiger charge is 2.27. The number of amides is 2. The molecule has 0 aliphatic carbocycles. The molecule has 168 valence electrons. The van der Waals surface area contributed by atoms with Gasteiger partial charge in [-0.1, -0.05) is 46.6 Å². The molecule has 2 rings (SSSR count). The van der Waals surface area contributed by atoms with Crippen molar-refractivity contribution in [2.45, 2.75) is 59.7 Å². The van der Waals surface area contributed by atoms with E-state index in [0.29, 0.717) is 17.3 Å². The van der Waals surface area contributed by atoms with Crippen LogP contribution >= 0.6 is 27.5 Å². The number of aryl methyl sites for hydroxylation is 2. The maximum atomic E-state index is 13.1. The molecule has 2 aromatic rings. The Morgan fingerprint density at radius 2 is 1.81 bits per heavy atom. The molecule has 0 aromatic heterocycles.